The Morgan fingerprint density at radius 3 is 2.96 bits per heavy atom. The number of guanidine groups is 1. The zero-order chi connectivity index (χ0) is 17.5. The fraction of sp³-hybridized carbons (Fsp3) is 0.389. The minimum absolute atomic E-state index is 0.427. The maximum Gasteiger partial charge on any atom is 0.191 e. The Kier molecular flexibility index (Phi) is 6.00. The standard InChI is InChI=1S/C18H24N6S/c1-3-19-18(21-13-14(2)15-7-6-12-25-15)20-10-9-17-23-22-16-8-4-5-11-24(16)17/h4-8,11-12,14H,3,9-10,13H2,1-2H3,(H2,19,20,21). The summed E-state index contributed by atoms with van der Waals surface area (Å²) in [5.41, 5.74) is 0.878. The summed E-state index contributed by atoms with van der Waals surface area (Å²) in [5.74, 6) is 2.22. The number of aromatic nitrogens is 3. The van der Waals surface area contributed by atoms with Crippen LogP contribution in [-0.4, -0.2) is 40.2 Å². The lowest BCUT2D eigenvalue weighted by Crippen LogP contribution is -2.38. The Morgan fingerprint density at radius 1 is 1.24 bits per heavy atom. The predicted octanol–water partition coefficient (Wildman–Crippen LogP) is 2.69. The molecule has 0 bridgehead atoms. The zero-order valence-electron chi connectivity index (χ0n) is 14.6. The predicted molar refractivity (Wildman–Crippen MR) is 103 cm³/mol. The second-order valence-corrected chi connectivity index (χ2v) is 6.84. The Balaban J connectivity index is 1.55. The molecule has 0 saturated heterocycles. The number of pyridine rings is 1. The van der Waals surface area contributed by atoms with E-state index in [0.717, 1.165) is 43.5 Å². The van der Waals surface area contributed by atoms with Crippen molar-refractivity contribution in [3.8, 4) is 0 Å². The molecule has 3 heterocycles. The van der Waals surface area contributed by atoms with Crippen molar-refractivity contribution < 1.29 is 0 Å². The summed E-state index contributed by atoms with van der Waals surface area (Å²) >= 11 is 1.79. The van der Waals surface area contributed by atoms with Gasteiger partial charge in [-0.3, -0.25) is 9.39 Å². The number of aliphatic imine (C=N–C) groups is 1. The van der Waals surface area contributed by atoms with Gasteiger partial charge in [-0.05, 0) is 30.5 Å². The van der Waals surface area contributed by atoms with E-state index in [1.807, 2.05) is 28.8 Å². The summed E-state index contributed by atoms with van der Waals surface area (Å²) in [6, 6.07) is 10.2. The van der Waals surface area contributed by atoms with Crippen molar-refractivity contribution in [2.75, 3.05) is 19.6 Å². The molecule has 0 fully saturated rings. The topological polar surface area (TPSA) is 66.6 Å². The lowest BCUT2D eigenvalue weighted by Gasteiger charge is -2.12. The SMILES string of the molecule is CCNC(=NCC(C)c1cccs1)NCCc1nnc2ccccn12. The van der Waals surface area contributed by atoms with Crippen LogP contribution in [0.5, 0.6) is 0 Å². The quantitative estimate of drug-likeness (QED) is 0.505. The van der Waals surface area contributed by atoms with Gasteiger partial charge in [0.2, 0.25) is 0 Å². The number of nitrogens with one attached hydrogen (secondary N) is 2. The molecule has 3 aromatic rings. The Labute approximate surface area is 152 Å². The van der Waals surface area contributed by atoms with E-state index in [2.05, 4.69) is 52.2 Å². The smallest absolute Gasteiger partial charge is 0.191 e. The molecule has 7 heteroatoms. The number of thiophene rings is 1. The summed E-state index contributed by atoms with van der Waals surface area (Å²) in [5, 5.41) is 17.2. The molecule has 25 heavy (non-hydrogen) atoms. The van der Waals surface area contributed by atoms with Gasteiger partial charge in [-0.2, -0.15) is 0 Å². The van der Waals surface area contributed by atoms with Crippen LogP contribution in [0, 0.1) is 0 Å². The maximum atomic E-state index is 4.71. The van der Waals surface area contributed by atoms with Gasteiger partial charge >= 0.3 is 0 Å². The van der Waals surface area contributed by atoms with Crippen LogP contribution >= 0.6 is 11.3 Å². The molecule has 1 unspecified atom stereocenters. The van der Waals surface area contributed by atoms with Crippen molar-refractivity contribution >= 4 is 22.9 Å². The highest BCUT2D eigenvalue weighted by molar-refractivity contribution is 7.10. The van der Waals surface area contributed by atoms with Gasteiger partial charge < -0.3 is 10.6 Å². The fourth-order valence-electron chi connectivity index (χ4n) is 2.59. The molecule has 0 saturated carbocycles. The van der Waals surface area contributed by atoms with Crippen LogP contribution in [0.15, 0.2) is 46.9 Å². The Morgan fingerprint density at radius 2 is 2.16 bits per heavy atom. The third kappa shape index (κ3) is 4.57. The molecular formula is C18H24N6S. The van der Waals surface area contributed by atoms with Gasteiger partial charge in [0.05, 0.1) is 6.54 Å². The second kappa shape index (κ2) is 8.62. The summed E-state index contributed by atoms with van der Waals surface area (Å²) in [4.78, 5) is 6.08. The van der Waals surface area contributed by atoms with Gasteiger partial charge in [0.25, 0.3) is 0 Å². The van der Waals surface area contributed by atoms with Crippen LogP contribution in [0.4, 0.5) is 0 Å². The number of fused-ring (bicyclic) bond motifs is 1. The summed E-state index contributed by atoms with van der Waals surface area (Å²) in [6.45, 7) is 6.65. The van der Waals surface area contributed by atoms with Crippen LogP contribution < -0.4 is 10.6 Å². The van der Waals surface area contributed by atoms with Crippen molar-refractivity contribution in [3.63, 3.8) is 0 Å². The first-order chi connectivity index (χ1) is 12.3. The van der Waals surface area contributed by atoms with Gasteiger partial charge in [-0.25, -0.2) is 0 Å². The van der Waals surface area contributed by atoms with E-state index >= 15 is 0 Å². The van der Waals surface area contributed by atoms with Crippen molar-refractivity contribution in [1.82, 2.24) is 25.2 Å². The molecule has 0 spiro atoms. The zero-order valence-corrected chi connectivity index (χ0v) is 15.5. The van der Waals surface area contributed by atoms with Gasteiger partial charge in [0, 0.05) is 36.5 Å². The van der Waals surface area contributed by atoms with Crippen LogP contribution in [0.25, 0.3) is 5.65 Å². The third-order valence-electron chi connectivity index (χ3n) is 3.92. The minimum Gasteiger partial charge on any atom is -0.357 e. The van der Waals surface area contributed by atoms with E-state index in [9.17, 15) is 0 Å². The highest BCUT2D eigenvalue weighted by Gasteiger charge is 2.07. The number of rotatable bonds is 7. The van der Waals surface area contributed by atoms with E-state index < -0.39 is 0 Å². The molecular weight excluding hydrogens is 332 g/mol. The molecule has 0 aliphatic carbocycles. The minimum atomic E-state index is 0.427. The van der Waals surface area contributed by atoms with Crippen LogP contribution in [-0.2, 0) is 6.42 Å². The van der Waals surface area contributed by atoms with E-state index in [1.165, 1.54) is 4.88 Å². The molecule has 0 amide bonds. The van der Waals surface area contributed by atoms with Gasteiger partial charge in [0.1, 0.15) is 5.82 Å². The van der Waals surface area contributed by atoms with Gasteiger partial charge in [-0.1, -0.05) is 19.1 Å². The van der Waals surface area contributed by atoms with Crippen LogP contribution in [0.2, 0.25) is 0 Å². The number of nitrogens with zero attached hydrogens (tertiary/aromatic N) is 4. The first kappa shape index (κ1) is 17.4. The Bertz CT molecular complexity index is 808. The van der Waals surface area contributed by atoms with E-state index in [1.54, 1.807) is 11.3 Å². The summed E-state index contributed by atoms with van der Waals surface area (Å²) in [7, 11) is 0. The second-order valence-electron chi connectivity index (χ2n) is 5.86. The van der Waals surface area contributed by atoms with Crippen LogP contribution in [0.3, 0.4) is 0 Å². The third-order valence-corrected chi connectivity index (χ3v) is 5.03. The van der Waals surface area contributed by atoms with Crippen molar-refractivity contribution in [2.45, 2.75) is 26.2 Å². The first-order valence-electron chi connectivity index (χ1n) is 8.62. The normalized spacial score (nSPS) is 13.1. The molecule has 0 aromatic carbocycles. The van der Waals surface area contributed by atoms with Crippen LogP contribution in [0.1, 0.15) is 30.5 Å². The molecule has 3 rings (SSSR count). The highest BCUT2D eigenvalue weighted by Crippen LogP contribution is 2.20. The molecule has 0 aliphatic rings. The molecule has 6 nitrogen and oxygen atoms in total. The van der Waals surface area contributed by atoms with Crippen molar-refractivity contribution in [3.05, 3.63) is 52.6 Å². The maximum absolute atomic E-state index is 4.71. The largest absolute Gasteiger partial charge is 0.357 e. The Hall–Kier alpha value is -2.41. The van der Waals surface area contributed by atoms with E-state index in [4.69, 9.17) is 4.99 Å². The molecule has 132 valence electrons. The van der Waals surface area contributed by atoms with Crippen molar-refractivity contribution in [2.24, 2.45) is 4.99 Å². The average Bonchev–Trinajstić information content (AvgIpc) is 3.30. The number of hydrogen-bond acceptors (Lipinski definition) is 4. The lowest BCUT2D eigenvalue weighted by atomic mass is 10.1. The van der Waals surface area contributed by atoms with E-state index in [-0.39, 0.29) is 0 Å². The molecule has 3 aromatic heterocycles. The lowest BCUT2D eigenvalue weighted by molar-refractivity contribution is 0.741. The molecule has 1 atom stereocenters. The average molecular weight is 356 g/mol. The monoisotopic (exact) mass is 356 g/mol. The van der Waals surface area contributed by atoms with Crippen molar-refractivity contribution in [1.29, 1.82) is 0 Å². The first-order valence-corrected chi connectivity index (χ1v) is 9.50. The number of hydrogen-bond donors (Lipinski definition) is 2. The fourth-order valence-corrected chi connectivity index (χ4v) is 3.36. The summed E-state index contributed by atoms with van der Waals surface area (Å²) < 4.78 is 2.02. The summed E-state index contributed by atoms with van der Waals surface area (Å²) in [6.07, 6.45) is 2.78. The molecule has 0 aliphatic heterocycles. The highest BCUT2D eigenvalue weighted by atomic mass is 32.1. The van der Waals surface area contributed by atoms with E-state index in [0.29, 0.717) is 5.92 Å². The molecule has 0 radical (unpaired) electrons. The van der Waals surface area contributed by atoms with Gasteiger partial charge in [0.15, 0.2) is 11.6 Å². The molecule has 2 N–H and O–H groups in total. The van der Waals surface area contributed by atoms with Gasteiger partial charge in [-0.15, -0.1) is 21.5 Å².